The van der Waals surface area contributed by atoms with Gasteiger partial charge in [-0.05, 0) is 49.2 Å². The second-order valence-electron chi connectivity index (χ2n) is 8.42. The number of esters is 2. The van der Waals surface area contributed by atoms with Crippen molar-refractivity contribution in [2.24, 2.45) is 0 Å². The Balaban J connectivity index is 1.74. The zero-order valence-corrected chi connectivity index (χ0v) is 20.6. The predicted molar refractivity (Wildman–Crippen MR) is 139 cm³/mol. The summed E-state index contributed by atoms with van der Waals surface area (Å²) in [6.45, 7) is 4.77. The van der Waals surface area contributed by atoms with Crippen LogP contribution in [-0.4, -0.2) is 40.1 Å². The molecule has 3 aromatic heterocycles. The number of hydrogen-bond acceptors (Lipinski definition) is 7. The predicted octanol–water partition coefficient (Wildman–Crippen LogP) is 6.27. The van der Waals surface area contributed by atoms with Crippen LogP contribution in [0.15, 0.2) is 66.9 Å². The summed E-state index contributed by atoms with van der Waals surface area (Å²) in [6.07, 6.45) is 4.98. The molecule has 0 saturated heterocycles. The average Bonchev–Trinajstić information content (AvgIpc) is 2.92. The van der Waals surface area contributed by atoms with Crippen molar-refractivity contribution in [1.29, 1.82) is 0 Å². The first-order valence-corrected chi connectivity index (χ1v) is 12.3. The Morgan fingerprint density at radius 2 is 1.33 bits per heavy atom. The summed E-state index contributed by atoms with van der Waals surface area (Å²) < 4.78 is 10.8. The van der Waals surface area contributed by atoms with E-state index in [2.05, 4.69) is 4.98 Å². The number of fused-ring (bicyclic) bond motifs is 1. The van der Waals surface area contributed by atoms with Gasteiger partial charge in [0.05, 0.1) is 52.6 Å². The van der Waals surface area contributed by atoms with E-state index in [1.54, 1.807) is 24.3 Å². The highest BCUT2D eigenvalue weighted by molar-refractivity contribution is 5.93. The Labute approximate surface area is 210 Å². The third-order valence-corrected chi connectivity index (χ3v) is 5.64. The van der Waals surface area contributed by atoms with Crippen molar-refractivity contribution >= 4 is 22.8 Å². The normalized spacial score (nSPS) is 10.8. The van der Waals surface area contributed by atoms with Gasteiger partial charge in [0, 0.05) is 11.6 Å². The number of carbonyl (C=O) groups is 2. The molecular formula is C29H29N3O4. The second kappa shape index (κ2) is 12.0. The monoisotopic (exact) mass is 483 g/mol. The number of hydrogen-bond donors (Lipinski definition) is 0. The maximum absolute atomic E-state index is 12.9. The number of benzene rings is 1. The molecule has 184 valence electrons. The van der Waals surface area contributed by atoms with Crippen LogP contribution < -0.4 is 0 Å². The van der Waals surface area contributed by atoms with E-state index in [-0.39, 0.29) is 0 Å². The van der Waals surface area contributed by atoms with Crippen molar-refractivity contribution in [3.05, 3.63) is 78.0 Å². The topological polar surface area (TPSA) is 91.3 Å². The number of pyridine rings is 3. The summed E-state index contributed by atoms with van der Waals surface area (Å²) >= 11 is 0. The molecule has 0 N–H and O–H groups in total. The minimum Gasteiger partial charge on any atom is -0.462 e. The average molecular weight is 484 g/mol. The molecule has 0 fully saturated rings. The van der Waals surface area contributed by atoms with Crippen molar-refractivity contribution in [2.75, 3.05) is 13.2 Å². The Bertz CT molecular complexity index is 1370. The SMILES string of the molecule is CCCCOC(=O)c1ccnc(-c2cc(C(=O)OCCCC)cc(-c3ccc4ccccc4n3)n2)c1. The van der Waals surface area contributed by atoms with Crippen LogP contribution in [0.2, 0.25) is 0 Å². The summed E-state index contributed by atoms with van der Waals surface area (Å²) in [5, 5.41) is 1.01. The molecule has 0 aliphatic carbocycles. The first-order valence-electron chi connectivity index (χ1n) is 12.3. The molecule has 4 aromatic rings. The minimum absolute atomic E-state index is 0.341. The van der Waals surface area contributed by atoms with Gasteiger partial charge in [-0.2, -0.15) is 0 Å². The van der Waals surface area contributed by atoms with Gasteiger partial charge in [-0.1, -0.05) is 51.0 Å². The molecule has 36 heavy (non-hydrogen) atoms. The van der Waals surface area contributed by atoms with Crippen LogP contribution in [0.1, 0.15) is 60.2 Å². The van der Waals surface area contributed by atoms with Gasteiger partial charge in [-0.15, -0.1) is 0 Å². The molecule has 3 heterocycles. The van der Waals surface area contributed by atoms with Crippen LogP contribution in [-0.2, 0) is 9.47 Å². The molecule has 0 spiro atoms. The van der Waals surface area contributed by atoms with Gasteiger partial charge in [-0.25, -0.2) is 19.6 Å². The minimum atomic E-state index is -0.440. The number of aromatic nitrogens is 3. The summed E-state index contributed by atoms with van der Waals surface area (Å²) in [7, 11) is 0. The molecule has 7 heteroatoms. The lowest BCUT2D eigenvalue weighted by atomic mass is 10.1. The van der Waals surface area contributed by atoms with E-state index in [0.717, 1.165) is 36.6 Å². The Morgan fingerprint density at radius 3 is 2.06 bits per heavy atom. The Morgan fingerprint density at radius 1 is 0.694 bits per heavy atom. The summed E-state index contributed by atoms with van der Waals surface area (Å²) in [5.41, 5.74) is 3.56. The molecule has 0 saturated carbocycles. The van der Waals surface area contributed by atoms with E-state index >= 15 is 0 Å². The first-order chi connectivity index (χ1) is 17.6. The molecule has 4 rings (SSSR count). The third-order valence-electron chi connectivity index (χ3n) is 5.64. The molecule has 0 unspecified atom stereocenters. The largest absolute Gasteiger partial charge is 0.462 e. The molecule has 0 bridgehead atoms. The number of nitrogens with zero attached hydrogens (tertiary/aromatic N) is 3. The van der Waals surface area contributed by atoms with Crippen molar-refractivity contribution in [2.45, 2.75) is 39.5 Å². The van der Waals surface area contributed by atoms with Crippen LogP contribution >= 0.6 is 0 Å². The van der Waals surface area contributed by atoms with Crippen molar-refractivity contribution in [3.63, 3.8) is 0 Å². The van der Waals surface area contributed by atoms with E-state index in [9.17, 15) is 9.59 Å². The van der Waals surface area contributed by atoms with Gasteiger partial charge in [-0.3, -0.25) is 4.98 Å². The maximum Gasteiger partial charge on any atom is 0.338 e. The van der Waals surface area contributed by atoms with Gasteiger partial charge < -0.3 is 9.47 Å². The fraction of sp³-hybridized carbons (Fsp3) is 0.276. The van der Waals surface area contributed by atoms with Gasteiger partial charge in [0.2, 0.25) is 0 Å². The summed E-state index contributed by atoms with van der Waals surface area (Å²) in [4.78, 5) is 39.2. The lowest BCUT2D eigenvalue weighted by Gasteiger charge is -2.10. The molecule has 7 nitrogen and oxygen atoms in total. The van der Waals surface area contributed by atoms with Gasteiger partial charge >= 0.3 is 11.9 Å². The smallest absolute Gasteiger partial charge is 0.338 e. The number of rotatable bonds is 10. The van der Waals surface area contributed by atoms with E-state index in [4.69, 9.17) is 19.4 Å². The first kappa shape index (κ1) is 25.0. The number of unbranched alkanes of at least 4 members (excludes halogenated alkanes) is 2. The maximum atomic E-state index is 12.9. The van der Waals surface area contributed by atoms with Gasteiger partial charge in [0.1, 0.15) is 0 Å². The molecule has 0 amide bonds. The van der Waals surface area contributed by atoms with E-state index in [1.165, 1.54) is 6.20 Å². The van der Waals surface area contributed by atoms with Crippen LogP contribution in [0.3, 0.4) is 0 Å². The van der Waals surface area contributed by atoms with Crippen molar-refractivity contribution in [3.8, 4) is 22.8 Å². The standard InChI is InChI=1S/C29H29N3O4/c1-3-5-15-35-28(33)21-13-14-30-25(17-21)27-19-22(29(34)36-16-6-4-2)18-26(32-27)24-12-11-20-9-7-8-10-23(20)31-24/h7-14,17-19H,3-6,15-16H2,1-2H3. The van der Waals surface area contributed by atoms with Crippen molar-refractivity contribution < 1.29 is 19.1 Å². The molecule has 0 radical (unpaired) electrons. The lowest BCUT2D eigenvalue weighted by Crippen LogP contribution is -2.09. The highest BCUT2D eigenvalue weighted by Crippen LogP contribution is 2.26. The molecule has 0 atom stereocenters. The zero-order chi connectivity index (χ0) is 25.3. The molecule has 1 aromatic carbocycles. The van der Waals surface area contributed by atoms with Crippen LogP contribution in [0, 0.1) is 0 Å². The number of ether oxygens (including phenoxy) is 2. The Hall–Kier alpha value is -4.13. The number of carbonyl (C=O) groups excluding carboxylic acids is 2. The van der Waals surface area contributed by atoms with Crippen LogP contribution in [0.25, 0.3) is 33.7 Å². The molecular weight excluding hydrogens is 454 g/mol. The molecule has 0 aliphatic rings. The van der Waals surface area contributed by atoms with Crippen LogP contribution in [0.4, 0.5) is 0 Å². The molecule has 0 aliphatic heterocycles. The number of para-hydroxylation sites is 1. The van der Waals surface area contributed by atoms with Crippen molar-refractivity contribution in [1.82, 2.24) is 15.0 Å². The van der Waals surface area contributed by atoms with E-state index in [1.807, 2.05) is 50.2 Å². The zero-order valence-electron chi connectivity index (χ0n) is 20.6. The van der Waals surface area contributed by atoms with E-state index in [0.29, 0.717) is 47.1 Å². The van der Waals surface area contributed by atoms with E-state index < -0.39 is 11.9 Å². The highest BCUT2D eigenvalue weighted by Gasteiger charge is 2.17. The van der Waals surface area contributed by atoms with Gasteiger partial charge in [0.25, 0.3) is 0 Å². The highest BCUT2D eigenvalue weighted by atomic mass is 16.5. The van der Waals surface area contributed by atoms with Crippen LogP contribution in [0.5, 0.6) is 0 Å². The fourth-order valence-corrected chi connectivity index (χ4v) is 3.60. The summed E-state index contributed by atoms with van der Waals surface area (Å²) in [6, 6.07) is 18.2. The third kappa shape index (κ3) is 6.10. The lowest BCUT2D eigenvalue weighted by molar-refractivity contribution is 0.0490. The fourth-order valence-electron chi connectivity index (χ4n) is 3.60. The quantitative estimate of drug-likeness (QED) is 0.194. The Kier molecular flexibility index (Phi) is 8.34. The summed E-state index contributed by atoms with van der Waals surface area (Å²) in [5.74, 6) is -0.858. The second-order valence-corrected chi connectivity index (χ2v) is 8.42. The van der Waals surface area contributed by atoms with Gasteiger partial charge in [0.15, 0.2) is 0 Å².